The molecule has 3 rings (SSSR count). The maximum atomic E-state index is 12.7. The molecule has 2 saturated carbocycles. The molecule has 1 heterocycles. The highest BCUT2D eigenvalue weighted by Gasteiger charge is 2.37. The molecule has 0 spiro atoms. The lowest BCUT2D eigenvalue weighted by molar-refractivity contribution is -0.141. The number of carbonyl (C=O) groups is 1. The fourth-order valence-corrected chi connectivity index (χ4v) is 4.12. The third-order valence-electron chi connectivity index (χ3n) is 5.13. The second kappa shape index (κ2) is 5.60. The van der Waals surface area contributed by atoms with Gasteiger partial charge in [0.05, 0.1) is 0 Å². The highest BCUT2D eigenvalue weighted by molar-refractivity contribution is 5.79. The molecule has 3 nitrogen and oxygen atoms in total. The number of hydrogen-bond acceptors (Lipinski definition) is 2. The molecule has 0 aromatic rings. The molecule has 3 heteroatoms. The van der Waals surface area contributed by atoms with E-state index in [-0.39, 0.29) is 0 Å². The van der Waals surface area contributed by atoms with Crippen molar-refractivity contribution in [1.82, 2.24) is 10.2 Å². The molecule has 1 N–H and O–H groups in total. The molecule has 0 radical (unpaired) electrons. The van der Waals surface area contributed by atoms with Crippen LogP contribution in [0.2, 0.25) is 0 Å². The summed E-state index contributed by atoms with van der Waals surface area (Å²) in [6, 6.07) is 1.09. The topological polar surface area (TPSA) is 32.3 Å². The minimum Gasteiger partial charge on any atom is -0.337 e. The predicted molar refractivity (Wildman–Crippen MR) is 72.3 cm³/mol. The predicted octanol–water partition coefficient (Wildman–Crippen LogP) is 2.31. The van der Waals surface area contributed by atoms with Gasteiger partial charge in [0.15, 0.2) is 0 Å². The normalized spacial score (nSPS) is 34.1. The number of nitrogens with zero attached hydrogens (tertiary/aromatic N) is 1. The molecular formula is C15H26N2O. The molecular weight excluding hydrogens is 224 g/mol. The van der Waals surface area contributed by atoms with Crippen molar-refractivity contribution in [2.75, 3.05) is 13.1 Å². The van der Waals surface area contributed by atoms with Crippen LogP contribution in [0.3, 0.4) is 0 Å². The number of amides is 1. The molecule has 2 atom stereocenters. The quantitative estimate of drug-likeness (QED) is 0.774. The number of rotatable bonds is 1. The first kappa shape index (κ1) is 12.5. The molecule has 102 valence electrons. The standard InChI is InChI=1S/C15H26N2O/c18-15(12-6-2-1-3-7-12)17-11-10-16-13-8-4-5-9-14(13)17/h12-14,16H,1-11H2. The maximum Gasteiger partial charge on any atom is 0.226 e. The summed E-state index contributed by atoms with van der Waals surface area (Å²) >= 11 is 0. The number of nitrogens with one attached hydrogen (secondary N) is 1. The third kappa shape index (κ3) is 2.42. The van der Waals surface area contributed by atoms with Crippen molar-refractivity contribution in [1.29, 1.82) is 0 Å². The van der Waals surface area contributed by atoms with Gasteiger partial charge in [-0.2, -0.15) is 0 Å². The van der Waals surface area contributed by atoms with Crippen molar-refractivity contribution in [3.63, 3.8) is 0 Å². The molecule has 0 bridgehead atoms. The fraction of sp³-hybridized carbons (Fsp3) is 0.933. The Kier molecular flexibility index (Phi) is 3.88. The average Bonchev–Trinajstić information content (AvgIpc) is 2.47. The SMILES string of the molecule is O=C(C1CCCCC1)N1CCNC2CCCCC21. The van der Waals surface area contributed by atoms with Crippen molar-refractivity contribution in [2.45, 2.75) is 69.9 Å². The van der Waals surface area contributed by atoms with Crippen molar-refractivity contribution < 1.29 is 4.79 Å². The van der Waals surface area contributed by atoms with Gasteiger partial charge in [-0.15, -0.1) is 0 Å². The number of piperazine rings is 1. The smallest absolute Gasteiger partial charge is 0.226 e. The number of carbonyl (C=O) groups excluding carboxylic acids is 1. The lowest BCUT2D eigenvalue weighted by Crippen LogP contribution is -2.61. The number of fused-ring (bicyclic) bond motifs is 1. The van der Waals surface area contributed by atoms with Gasteiger partial charge in [-0.3, -0.25) is 4.79 Å². The minimum absolute atomic E-state index is 0.347. The first-order chi connectivity index (χ1) is 8.86. The molecule has 0 aromatic carbocycles. The number of hydrogen-bond donors (Lipinski definition) is 1. The van der Waals surface area contributed by atoms with E-state index in [1.54, 1.807) is 0 Å². The Morgan fingerprint density at radius 1 is 0.944 bits per heavy atom. The van der Waals surface area contributed by atoms with Gasteiger partial charge in [0, 0.05) is 31.1 Å². The lowest BCUT2D eigenvalue weighted by Gasteiger charge is -2.46. The molecule has 18 heavy (non-hydrogen) atoms. The van der Waals surface area contributed by atoms with Crippen LogP contribution >= 0.6 is 0 Å². The van der Waals surface area contributed by atoms with Gasteiger partial charge in [0.2, 0.25) is 5.91 Å². The zero-order valence-electron chi connectivity index (χ0n) is 11.4. The van der Waals surface area contributed by atoms with Crippen molar-refractivity contribution >= 4 is 5.91 Å². The van der Waals surface area contributed by atoms with Crippen LogP contribution in [0.4, 0.5) is 0 Å². The highest BCUT2D eigenvalue weighted by atomic mass is 16.2. The zero-order chi connectivity index (χ0) is 12.4. The zero-order valence-corrected chi connectivity index (χ0v) is 11.4. The summed E-state index contributed by atoms with van der Waals surface area (Å²) in [6.45, 7) is 1.94. The first-order valence-corrected chi connectivity index (χ1v) is 7.90. The Morgan fingerprint density at radius 3 is 2.50 bits per heavy atom. The summed E-state index contributed by atoms with van der Waals surface area (Å²) < 4.78 is 0. The van der Waals surface area contributed by atoms with Crippen LogP contribution in [0, 0.1) is 5.92 Å². The molecule has 1 saturated heterocycles. The summed E-state index contributed by atoms with van der Waals surface area (Å²) in [5, 5.41) is 3.61. The molecule has 0 aromatic heterocycles. The van der Waals surface area contributed by atoms with Gasteiger partial charge >= 0.3 is 0 Å². The minimum atomic E-state index is 0.347. The molecule has 2 unspecified atom stereocenters. The maximum absolute atomic E-state index is 12.7. The van der Waals surface area contributed by atoms with Gasteiger partial charge in [0.1, 0.15) is 0 Å². The largest absolute Gasteiger partial charge is 0.337 e. The van der Waals surface area contributed by atoms with Crippen LogP contribution in [0.1, 0.15) is 57.8 Å². The van der Waals surface area contributed by atoms with Crippen LogP contribution in [-0.4, -0.2) is 36.0 Å². The van der Waals surface area contributed by atoms with Crippen LogP contribution in [0.15, 0.2) is 0 Å². The lowest BCUT2D eigenvalue weighted by atomic mass is 9.84. The van der Waals surface area contributed by atoms with E-state index in [1.807, 2.05) is 0 Å². The van der Waals surface area contributed by atoms with E-state index in [4.69, 9.17) is 0 Å². The monoisotopic (exact) mass is 250 g/mol. The van der Waals surface area contributed by atoms with Crippen LogP contribution in [0.25, 0.3) is 0 Å². The van der Waals surface area contributed by atoms with Gasteiger partial charge in [-0.1, -0.05) is 32.1 Å². The van der Waals surface area contributed by atoms with E-state index < -0.39 is 0 Å². The van der Waals surface area contributed by atoms with Crippen LogP contribution in [-0.2, 0) is 4.79 Å². The summed E-state index contributed by atoms with van der Waals surface area (Å²) in [5.41, 5.74) is 0. The third-order valence-corrected chi connectivity index (χ3v) is 5.13. The van der Waals surface area contributed by atoms with E-state index in [2.05, 4.69) is 10.2 Å². The summed E-state index contributed by atoms with van der Waals surface area (Å²) in [5.74, 6) is 0.826. The highest BCUT2D eigenvalue weighted by Crippen LogP contribution is 2.30. The molecule has 1 amide bonds. The van der Waals surface area contributed by atoms with Crippen molar-refractivity contribution in [3.05, 3.63) is 0 Å². The average molecular weight is 250 g/mol. The Balaban J connectivity index is 1.67. The van der Waals surface area contributed by atoms with Crippen molar-refractivity contribution in [3.8, 4) is 0 Å². The van der Waals surface area contributed by atoms with Gasteiger partial charge in [-0.05, 0) is 25.7 Å². The molecule has 3 aliphatic rings. The Labute approximate surface area is 110 Å². The second-order valence-corrected chi connectivity index (χ2v) is 6.28. The van der Waals surface area contributed by atoms with Gasteiger partial charge in [-0.25, -0.2) is 0 Å². The Hall–Kier alpha value is -0.570. The van der Waals surface area contributed by atoms with E-state index >= 15 is 0 Å². The second-order valence-electron chi connectivity index (χ2n) is 6.28. The van der Waals surface area contributed by atoms with E-state index in [0.29, 0.717) is 23.9 Å². The van der Waals surface area contributed by atoms with Gasteiger partial charge in [0.25, 0.3) is 0 Å². The van der Waals surface area contributed by atoms with Crippen LogP contribution < -0.4 is 5.32 Å². The summed E-state index contributed by atoms with van der Waals surface area (Å²) in [4.78, 5) is 15.0. The van der Waals surface area contributed by atoms with Crippen LogP contribution in [0.5, 0.6) is 0 Å². The van der Waals surface area contributed by atoms with Gasteiger partial charge < -0.3 is 10.2 Å². The molecule has 3 fully saturated rings. The molecule has 1 aliphatic heterocycles. The van der Waals surface area contributed by atoms with E-state index in [9.17, 15) is 4.79 Å². The van der Waals surface area contributed by atoms with E-state index in [1.165, 1.54) is 44.9 Å². The molecule has 2 aliphatic carbocycles. The summed E-state index contributed by atoms with van der Waals surface area (Å²) in [6.07, 6.45) is 11.2. The Morgan fingerprint density at radius 2 is 1.67 bits per heavy atom. The summed E-state index contributed by atoms with van der Waals surface area (Å²) in [7, 11) is 0. The van der Waals surface area contributed by atoms with Crippen molar-refractivity contribution in [2.24, 2.45) is 5.92 Å². The fourth-order valence-electron chi connectivity index (χ4n) is 4.12. The van der Waals surface area contributed by atoms with E-state index in [0.717, 1.165) is 25.9 Å². The first-order valence-electron chi connectivity index (χ1n) is 7.90. The Bertz CT molecular complexity index is 297.